The van der Waals surface area contributed by atoms with Gasteiger partial charge in [-0.1, -0.05) is 24.6 Å². The topological polar surface area (TPSA) is 16.1 Å². The summed E-state index contributed by atoms with van der Waals surface area (Å²) in [6.07, 6.45) is 5.57. The molecule has 106 valence electrons. The molecule has 3 heteroatoms. The first-order chi connectivity index (χ1) is 8.87. The second-order valence-corrected chi connectivity index (χ2v) is 7.05. The van der Waals surface area contributed by atoms with Gasteiger partial charge in [0.2, 0.25) is 0 Å². The number of rotatable bonds is 2. The fourth-order valence-electron chi connectivity index (χ4n) is 3.14. The van der Waals surface area contributed by atoms with Crippen molar-refractivity contribution >= 4 is 11.6 Å². The van der Waals surface area contributed by atoms with Crippen molar-refractivity contribution in [3.8, 4) is 0 Å². The first-order valence-corrected chi connectivity index (χ1v) is 7.62. The summed E-state index contributed by atoms with van der Waals surface area (Å²) in [7, 11) is 0. The van der Waals surface area contributed by atoms with Gasteiger partial charge >= 0.3 is 0 Å². The van der Waals surface area contributed by atoms with Crippen LogP contribution in [0.15, 0.2) is 18.3 Å². The van der Waals surface area contributed by atoms with Gasteiger partial charge in [-0.3, -0.25) is 4.90 Å². The molecule has 0 N–H and O–H groups in total. The average molecular weight is 281 g/mol. The number of hydrogen-bond donors (Lipinski definition) is 0. The largest absolute Gasteiger partial charge is 0.298 e. The highest BCUT2D eigenvalue weighted by Gasteiger charge is 2.37. The van der Waals surface area contributed by atoms with E-state index in [0.29, 0.717) is 10.6 Å². The third-order valence-electron chi connectivity index (χ3n) is 4.69. The molecule has 0 unspecified atom stereocenters. The van der Waals surface area contributed by atoms with Crippen LogP contribution in [-0.2, 0) is 5.41 Å². The van der Waals surface area contributed by atoms with Crippen LogP contribution in [0.5, 0.6) is 0 Å². The number of pyridine rings is 1. The van der Waals surface area contributed by atoms with Gasteiger partial charge in [-0.2, -0.15) is 0 Å². The van der Waals surface area contributed by atoms with E-state index in [1.807, 2.05) is 12.3 Å². The molecule has 0 amide bonds. The smallest absolute Gasteiger partial charge is 0.129 e. The van der Waals surface area contributed by atoms with Crippen molar-refractivity contribution in [1.82, 2.24) is 9.88 Å². The molecule has 1 aromatic rings. The van der Waals surface area contributed by atoms with E-state index in [1.54, 1.807) is 0 Å². The number of aromatic nitrogens is 1. The van der Waals surface area contributed by atoms with E-state index in [9.17, 15) is 0 Å². The van der Waals surface area contributed by atoms with Crippen molar-refractivity contribution in [2.45, 2.75) is 57.9 Å². The molecule has 0 aromatic carbocycles. The Balaban J connectivity index is 2.16. The minimum atomic E-state index is 0.276. The molecular weight excluding hydrogens is 256 g/mol. The highest BCUT2D eigenvalue weighted by molar-refractivity contribution is 6.29. The molecule has 0 aliphatic carbocycles. The van der Waals surface area contributed by atoms with Crippen molar-refractivity contribution in [3.63, 3.8) is 0 Å². The number of likely N-dealkylation sites (tertiary alicyclic amines) is 1. The maximum Gasteiger partial charge on any atom is 0.129 e. The van der Waals surface area contributed by atoms with Crippen LogP contribution in [0.2, 0.25) is 5.15 Å². The standard InChI is InChI=1S/C16H25ClN2/c1-5-16(13-6-7-14(17)18-12-13)8-10-19(11-9-16)15(2,3)4/h6-7,12H,5,8-11H2,1-4H3. The van der Waals surface area contributed by atoms with Gasteiger partial charge < -0.3 is 0 Å². The Labute approximate surface area is 122 Å². The maximum atomic E-state index is 5.90. The predicted octanol–water partition coefficient (Wildman–Crippen LogP) is 4.28. The van der Waals surface area contributed by atoms with Crippen LogP contribution in [0.4, 0.5) is 0 Å². The second-order valence-electron chi connectivity index (χ2n) is 6.66. The summed E-state index contributed by atoms with van der Waals surface area (Å²) in [5.41, 5.74) is 1.92. The minimum absolute atomic E-state index is 0.276. The Bertz CT molecular complexity index is 411. The normalized spacial score (nSPS) is 20.5. The monoisotopic (exact) mass is 280 g/mol. The molecule has 2 heterocycles. The van der Waals surface area contributed by atoms with Crippen molar-refractivity contribution in [3.05, 3.63) is 29.0 Å². The zero-order valence-corrected chi connectivity index (χ0v) is 13.3. The first kappa shape index (κ1) is 14.8. The van der Waals surface area contributed by atoms with Gasteiger partial charge in [-0.15, -0.1) is 0 Å². The molecule has 0 spiro atoms. The van der Waals surface area contributed by atoms with Crippen LogP contribution in [0, 0.1) is 0 Å². The summed E-state index contributed by atoms with van der Waals surface area (Å²) < 4.78 is 0. The molecule has 2 rings (SSSR count). The van der Waals surface area contributed by atoms with Gasteiger partial charge in [-0.05, 0) is 70.2 Å². The molecule has 1 aliphatic rings. The molecule has 0 saturated carbocycles. The van der Waals surface area contributed by atoms with Crippen LogP contribution in [0.3, 0.4) is 0 Å². The van der Waals surface area contributed by atoms with Crippen LogP contribution in [0.25, 0.3) is 0 Å². The van der Waals surface area contributed by atoms with Crippen molar-refractivity contribution in [2.24, 2.45) is 0 Å². The SMILES string of the molecule is CCC1(c2ccc(Cl)nc2)CCN(C(C)(C)C)CC1. The molecule has 19 heavy (non-hydrogen) atoms. The number of halogens is 1. The van der Waals surface area contributed by atoms with Crippen molar-refractivity contribution < 1.29 is 0 Å². The van der Waals surface area contributed by atoms with E-state index in [0.717, 1.165) is 0 Å². The Kier molecular flexibility index (Phi) is 4.22. The van der Waals surface area contributed by atoms with Gasteiger partial charge in [0.25, 0.3) is 0 Å². The van der Waals surface area contributed by atoms with E-state index in [2.05, 4.69) is 43.6 Å². The van der Waals surface area contributed by atoms with Crippen LogP contribution in [-0.4, -0.2) is 28.5 Å². The molecule has 1 aromatic heterocycles. The Hall–Kier alpha value is -0.600. The van der Waals surface area contributed by atoms with Crippen molar-refractivity contribution in [1.29, 1.82) is 0 Å². The Morgan fingerprint density at radius 1 is 1.26 bits per heavy atom. The number of hydrogen-bond acceptors (Lipinski definition) is 2. The lowest BCUT2D eigenvalue weighted by Gasteiger charge is -2.46. The lowest BCUT2D eigenvalue weighted by molar-refractivity contribution is 0.0725. The second kappa shape index (κ2) is 5.41. The van der Waals surface area contributed by atoms with Gasteiger partial charge in [0.15, 0.2) is 0 Å². The van der Waals surface area contributed by atoms with Crippen LogP contribution in [0.1, 0.15) is 52.5 Å². The zero-order chi connectivity index (χ0) is 14.1. The fraction of sp³-hybridized carbons (Fsp3) is 0.688. The molecule has 0 radical (unpaired) electrons. The molecule has 1 fully saturated rings. The van der Waals surface area contributed by atoms with Gasteiger partial charge in [-0.25, -0.2) is 4.98 Å². The van der Waals surface area contributed by atoms with E-state index in [-0.39, 0.29) is 5.54 Å². The summed E-state index contributed by atoms with van der Waals surface area (Å²) in [4.78, 5) is 6.85. The minimum Gasteiger partial charge on any atom is -0.298 e. The molecule has 1 aliphatic heterocycles. The zero-order valence-electron chi connectivity index (χ0n) is 12.5. The third kappa shape index (κ3) is 3.11. The Morgan fingerprint density at radius 3 is 2.32 bits per heavy atom. The van der Waals surface area contributed by atoms with E-state index >= 15 is 0 Å². The summed E-state index contributed by atoms with van der Waals surface area (Å²) in [6, 6.07) is 4.08. The van der Waals surface area contributed by atoms with Crippen LogP contribution >= 0.6 is 11.6 Å². The summed E-state index contributed by atoms with van der Waals surface area (Å²) in [5.74, 6) is 0. The van der Waals surface area contributed by atoms with Crippen molar-refractivity contribution in [2.75, 3.05) is 13.1 Å². The maximum absolute atomic E-state index is 5.90. The number of nitrogens with zero attached hydrogens (tertiary/aromatic N) is 2. The fourth-order valence-corrected chi connectivity index (χ4v) is 3.25. The predicted molar refractivity (Wildman–Crippen MR) is 81.8 cm³/mol. The molecule has 2 nitrogen and oxygen atoms in total. The lowest BCUT2D eigenvalue weighted by atomic mass is 9.71. The van der Waals surface area contributed by atoms with Gasteiger partial charge in [0.1, 0.15) is 5.15 Å². The quantitative estimate of drug-likeness (QED) is 0.752. The lowest BCUT2D eigenvalue weighted by Crippen LogP contribution is -2.50. The molecule has 0 atom stereocenters. The molecule has 1 saturated heterocycles. The number of piperidine rings is 1. The van der Waals surface area contributed by atoms with Gasteiger partial charge in [0, 0.05) is 11.7 Å². The average Bonchev–Trinajstić information content (AvgIpc) is 2.38. The van der Waals surface area contributed by atoms with E-state index in [1.165, 1.54) is 37.9 Å². The molecule has 0 bridgehead atoms. The van der Waals surface area contributed by atoms with E-state index < -0.39 is 0 Å². The Morgan fingerprint density at radius 2 is 1.89 bits per heavy atom. The van der Waals surface area contributed by atoms with Gasteiger partial charge in [0.05, 0.1) is 0 Å². The van der Waals surface area contributed by atoms with Crippen LogP contribution < -0.4 is 0 Å². The summed E-state index contributed by atoms with van der Waals surface area (Å²) >= 11 is 5.90. The first-order valence-electron chi connectivity index (χ1n) is 7.24. The molecular formula is C16H25ClN2. The highest BCUT2D eigenvalue weighted by Crippen LogP contribution is 2.39. The summed E-state index contributed by atoms with van der Waals surface area (Å²) in [5, 5.41) is 0.585. The van der Waals surface area contributed by atoms with E-state index in [4.69, 9.17) is 11.6 Å². The summed E-state index contributed by atoms with van der Waals surface area (Å²) in [6.45, 7) is 11.5. The highest BCUT2D eigenvalue weighted by atomic mass is 35.5. The third-order valence-corrected chi connectivity index (χ3v) is 4.91.